The number of nitrogens with zero attached hydrogens (tertiary/aromatic N) is 2. The third-order valence-corrected chi connectivity index (χ3v) is 5.11. The third kappa shape index (κ3) is 4.80. The molecule has 0 saturated carbocycles. The summed E-state index contributed by atoms with van der Waals surface area (Å²) in [6, 6.07) is 14.6. The monoisotopic (exact) mass is 385 g/mol. The summed E-state index contributed by atoms with van der Waals surface area (Å²) in [5, 5.41) is 3.70. The molecule has 1 N–H and O–H groups in total. The summed E-state index contributed by atoms with van der Waals surface area (Å²) in [5.74, 6) is -0.0569. The zero-order valence-corrected chi connectivity index (χ0v) is 16.4. The predicted molar refractivity (Wildman–Crippen MR) is 109 cm³/mol. The minimum Gasteiger partial charge on any atom is -0.378 e. The van der Waals surface area contributed by atoms with Crippen LogP contribution in [-0.2, 0) is 0 Å². The lowest BCUT2D eigenvalue weighted by Gasteiger charge is -2.32. The highest BCUT2D eigenvalue weighted by Crippen LogP contribution is 2.17. The van der Waals surface area contributed by atoms with Gasteiger partial charge in [0.1, 0.15) is 0 Å². The summed E-state index contributed by atoms with van der Waals surface area (Å²) in [7, 11) is 3.93. The van der Waals surface area contributed by atoms with Crippen molar-refractivity contribution >= 4 is 29.1 Å². The number of hydrogen-bond donors (Lipinski definition) is 1. The van der Waals surface area contributed by atoms with Crippen LogP contribution in [-0.4, -0.2) is 49.9 Å². The van der Waals surface area contributed by atoms with E-state index in [0.717, 1.165) is 18.5 Å². The highest BCUT2D eigenvalue weighted by atomic mass is 35.5. The number of carbonyl (C=O) groups excluding carboxylic acids is 2. The van der Waals surface area contributed by atoms with Gasteiger partial charge < -0.3 is 15.1 Å². The van der Waals surface area contributed by atoms with Crippen molar-refractivity contribution < 1.29 is 9.59 Å². The molecule has 27 heavy (non-hydrogen) atoms. The second kappa shape index (κ2) is 8.44. The number of nitrogens with one attached hydrogen (secondary N) is 1. The quantitative estimate of drug-likeness (QED) is 0.877. The van der Waals surface area contributed by atoms with Crippen molar-refractivity contribution in [1.29, 1.82) is 0 Å². The van der Waals surface area contributed by atoms with Crippen LogP contribution in [0.1, 0.15) is 33.6 Å². The average molecular weight is 386 g/mol. The highest BCUT2D eigenvalue weighted by Gasteiger charge is 2.24. The maximum atomic E-state index is 12.5. The van der Waals surface area contributed by atoms with Gasteiger partial charge in [-0.1, -0.05) is 11.6 Å². The first-order chi connectivity index (χ1) is 12.9. The van der Waals surface area contributed by atoms with Gasteiger partial charge in [-0.15, -0.1) is 0 Å². The second-order valence-electron chi connectivity index (χ2n) is 6.99. The fourth-order valence-electron chi connectivity index (χ4n) is 3.18. The summed E-state index contributed by atoms with van der Waals surface area (Å²) in [4.78, 5) is 28.8. The van der Waals surface area contributed by atoms with Crippen molar-refractivity contribution in [3.8, 4) is 0 Å². The molecule has 3 rings (SSSR count). The number of piperidine rings is 1. The van der Waals surface area contributed by atoms with E-state index in [2.05, 4.69) is 5.32 Å². The molecule has 2 aromatic carbocycles. The van der Waals surface area contributed by atoms with Crippen LogP contribution in [0.4, 0.5) is 5.69 Å². The molecule has 0 aromatic heterocycles. The standard InChI is InChI=1S/C21H24ClN3O2/c1-24(2)19-9-5-15(6-10-19)20(26)23-18-11-13-25(14-12-18)21(27)16-3-7-17(22)8-4-16/h3-10,18H,11-14H2,1-2H3,(H,23,26). The first kappa shape index (κ1) is 19.2. The van der Waals surface area contributed by atoms with Crippen LogP contribution in [0.3, 0.4) is 0 Å². The van der Waals surface area contributed by atoms with Gasteiger partial charge in [-0.3, -0.25) is 9.59 Å². The fourth-order valence-corrected chi connectivity index (χ4v) is 3.31. The Bertz CT molecular complexity index is 795. The molecule has 0 radical (unpaired) electrons. The Hall–Kier alpha value is -2.53. The van der Waals surface area contributed by atoms with Gasteiger partial charge in [-0.2, -0.15) is 0 Å². The van der Waals surface area contributed by atoms with Gasteiger partial charge in [0.05, 0.1) is 0 Å². The molecule has 6 heteroatoms. The molecule has 0 aliphatic carbocycles. The molecular weight excluding hydrogens is 362 g/mol. The van der Waals surface area contributed by atoms with Crippen molar-refractivity contribution in [3.63, 3.8) is 0 Å². The summed E-state index contributed by atoms with van der Waals surface area (Å²) in [6.07, 6.45) is 1.50. The number of benzene rings is 2. The number of hydrogen-bond acceptors (Lipinski definition) is 3. The van der Waals surface area contributed by atoms with E-state index in [0.29, 0.717) is 29.2 Å². The molecule has 1 fully saturated rings. The maximum Gasteiger partial charge on any atom is 0.253 e. The third-order valence-electron chi connectivity index (χ3n) is 4.85. The Balaban J connectivity index is 1.52. The van der Waals surface area contributed by atoms with Crippen LogP contribution in [0.2, 0.25) is 5.02 Å². The van der Waals surface area contributed by atoms with Gasteiger partial charge >= 0.3 is 0 Å². The SMILES string of the molecule is CN(C)c1ccc(C(=O)NC2CCN(C(=O)c3ccc(Cl)cc3)CC2)cc1. The van der Waals surface area contributed by atoms with Gasteiger partial charge in [0.2, 0.25) is 0 Å². The Morgan fingerprint density at radius 2 is 1.52 bits per heavy atom. The van der Waals surface area contributed by atoms with Crippen molar-refractivity contribution in [1.82, 2.24) is 10.2 Å². The van der Waals surface area contributed by atoms with E-state index in [4.69, 9.17) is 11.6 Å². The van der Waals surface area contributed by atoms with Gasteiger partial charge in [-0.25, -0.2) is 0 Å². The Kier molecular flexibility index (Phi) is 6.01. The van der Waals surface area contributed by atoms with Gasteiger partial charge in [0, 0.05) is 55.1 Å². The number of amides is 2. The van der Waals surface area contributed by atoms with Crippen LogP contribution in [0.15, 0.2) is 48.5 Å². The number of likely N-dealkylation sites (tertiary alicyclic amines) is 1. The molecule has 1 aliphatic rings. The van der Waals surface area contributed by atoms with Gasteiger partial charge in [0.15, 0.2) is 0 Å². The molecule has 2 amide bonds. The Morgan fingerprint density at radius 1 is 0.963 bits per heavy atom. The zero-order valence-electron chi connectivity index (χ0n) is 15.6. The first-order valence-electron chi connectivity index (χ1n) is 9.07. The normalized spacial score (nSPS) is 14.7. The lowest BCUT2D eigenvalue weighted by Crippen LogP contribution is -2.46. The minimum absolute atomic E-state index is 0.00992. The van der Waals surface area contributed by atoms with E-state index in [1.165, 1.54) is 0 Å². The molecule has 1 aliphatic heterocycles. The van der Waals surface area contributed by atoms with Crippen LogP contribution < -0.4 is 10.2 Å². The smallest absolute Gasteiger partial charge is 0.253 e. The van der Waals surface area contributed by atoms with Crippen LogP contribution in [0, 0.1) is 0 Å². The van der Waals surface area contributed by atoms with E-state index in [1.807, 2.05) is 48.2 Å². The predicted octanol–water partition coefficient (Wildman–Crippen LogP) is 3.44. The first-order valence-corrected chi connectivity index (χ1v) is 9.45. The molecule has 2 aromatic rings. The largest absolute Gasteiger partial charge is 0.378 e. The lowest BCUT2D eigenvalue weighted by molar-refractivity contribution is 0.0698. The van der Waals surface area contributed by atoms with Crippen molar-refractivity contribution in [2.24, 2.45) is 0 Å². The average Bonchev–Trinajstić information content (AvgIpc) is 2.68. The molecular formula is C21H24ClN3O2. The molecule has 0 atom stereocenters. The molecule has 0 unspecified atom stereocenters. The highest BCUT2D eigenvalue weighted by molar-refractivity contribution is 6.30. The number of rotatable bonds is 4. The van der Waals surface area contributed by atoms with Gasteiger partial charge in [-0.05, 0) is 61.4 Å². The second-order valence-corrected chi connectivity index (χ2v) is 7.42. The summed E-state index contributed by atoms with van der Waals surface area (Å²) < 4.78 is 0. The van der Waals surface area contributed by atoms with E-state index >= 15 is 0 Å². The summed E-state index contributed by atoms with van der Waals surface area (Å²) in [5.41, 5.74) is 2.35. The molecule has 142 valence electrons. The molecule has 1 saturated heterocycles. The van der Waals surface area contributed by atoms with Crippen LogP contribution >= 0.6 is 11.6 Å². The van der Waals surface area contributed by atoms with Crippen molar-refractivity contribution in [2.75, 3.05) is 32.1 Å². The molecule has 5 nitrogen and oxygen atoms in total. The fraction of sp³-hybridized carbons (Fsp3) is 0.333. The van der Waals surface area contributed by atoms with E-state index in [1.54, 1.807) is 24.3 Å². The Morgan fingerprint density at radius 3 is 2.07 bits per heavy atom. The van der Waals surface area contributed by atoms with E-state index in [9.17, 15) is 9.59 Å². The minimum atomic E-state index is -0.0669. The molecule has 0 bridgehead atoms. The lowest BCUT2D eigenvalue weighted by atomic mass is 10.0. The van der Waals surface area contributed by atoms with Crippen LogP contribution in [0.5, 0.6) is 0 Å². The van der Waals surface area contributed by atoms with E-state index < -0.39 is 0 Å². The number of halogens is 1. The van der Waals surface area contributed by atoms with Crippen LogP contribution in [0.25, 0.3) is 0 Å². The van der Waals surface area contributed by atoms with Crippen molar-refractivity contribution in [3.05, 3.63) is 64.7 Å². The molecule has 0 spiro atoms. The van der Waals surface area contributed by atoms with Gasteiger partial charge in [0.25, 0.3) is 11.8 Å². The summed E-state index contributed by atoms with van der Waals surface area (Å²) in [6.45, 7) is 1.26. The Labute approximate surface area is 164 Å². The zero-order chi connectivity index (χ0) is 19.4. The number of anilines is 1. The number of carbonyl (C=O) groups is 2. The van der Waals surface area contributed by atoms with Crippen molar-refractivity contribution in [2.45, 2.75) is 18.9 Å². The molecule has 1 heterocycles. The van der Waals surface area contributed by atoms with E-state index in [-0.39, 0.29) is 17.9 Å². The topological polar surface area (TPSA) is 52.7 Å². The maximum absolute atomic E-state index is 12.5. The summed E-state index contributed by atoms with van der Waals surface area (Å²) >= 11 is 5.88.